The van der Waals surface area contributed by atoms with Gasteiger partial charge in [0.2, 0.25) is 11.8 Å². The largest absolute Gasteiger partial charge is 0.445 e. The fourth-order valence-electron chi connectivity index (χ4n) is 2.68. The average Bonchev–Trinajstić information content (AvgIpc) is 2.71. The number of rotatable bonds is 12. The van der Waals surface area contributed by atoms with Gasteiger partial charge in [-0.3, -0.25) is 14.2 Å². The van der Waals surface area contributed by atoms with Crippen LogP contribution in [0.5, 0.6) is 0 Å². The SMILES string of the molecule is CCC[C@H](NC(=O)OCc1ccccc1)C(=O)N[C@@H](CCC)C(=O)N[C@@H](C)P(=O)(O)O. The van der Waals surface area contributed by atoms with Gasteiger partial charge in [0.1, 0.15) is 24.5 Å². The minimum atomic E-state index is -4.50. The van der Waals surface area contributed by atoms with E-state index in [2.05, 4.69) is 16.0 Å². The number of carbonyl (C=O) groups excluding carboxylic acids is 3. The first-order chi connectivity index (χ1) is 14.6. The molecule has 3 amide bonds. The zero-order valence-electron chi connectivity index (χ0n) is 18.0. The molecular weight excluding hydrogens is 425 g/mol. The molecule has 1 rings (SSSR count). The molecule has 0 bridgehead atoms. The summed E-state index contributed by atoms with van der Waals surface area (Å²) in [5, 5.41) is 7.31. The monoisotopic (exact) mass is 457 g/mol. The van der Waals surface area contributed by atoms with Crippen molar-refractivity contribution in [2.75, 3.05) is 0 Å². The van der Waals surface area contributed by atoms with Crippen molar-refractivity contribution in [1.82, 2.24) is 16.0 Å². The van der Waals surface area contributed by atoms with E-state index in [0.717, 1.165) is 5.56 Å². The third-order valence-electron chi connectivity index (χ3n) is 4.46. The van der Waals surface area contributed by atoms with Crippen LogP contribution in [0.3, 0.4) is 0 Å². The van der Waals surface area contributed by atoms with Crippen LogP contribution in [0, 0.1) is 0 Å². The second kappa shape index (κ2) is 13.1. The predicted molar refractivity (Wildman–Crippen MR) is 115 cm³/mol. The van der Waals surface area contributed by atoms with Gasteiger partial charge in [-0.25, -0.2) is 4.79 Å². The van der Waals surface area contributed by atoms with Crippen LogP contribution in [-0.2, 0) is 25.5 Å². The lowest BCUT2D eigenvalue weighted by molar-refractivity contribution is -0.130. The van der Waals surface area contributed by atoms with E-state index >= 15 is 0 Å². The fraction of sp³-hybridized carbons (Fsp3) is 0.550. The van der Waals surface area contributed by atoms with Crippen molar-refractivity contribution in [2.24, 2.45) is 0 Å². The first-order valence-electron chi connectivity index (χ1n) is 10.2. The Kier molecular flexibility index (Phi) is 11.2. The number of carbonyl (C=O) groups is 3. The molecular formula is C20H32N3O7P. The van der Waals surface area contributed by atoms with Crippen LogP contribution in [-0.4, -0.2) is 45.6 Å². The van der Waals surface area contributed by atoms with Gasteiger partial charge in [-0.15, -0.1) is 0 Å². The number of alkyl carbamates (subject to hydrolysis) is 1. The summed E-state index contributed by atoms with van der Waals surface area (Å²) < 4.78 is 16.4. The first kappa shape index (κ1) is 26.6. The Morgan fingerprint density at radius 3 is 1.97 bits per heavy atom. The van der Waals surface area contributed by atoms with Gasteiger partial charge in [-0.05, 0) is 25.3 Å². The number of amides is 3. The fourth-order valence-corrected chi connectivity index (χ4v) is 2.98. The van der Waals surface area contributed by atoms with Crippen LogP contribution >= 0.6 is 7.60 Å². The molecule has 11 heteroatoms. The molecule has 0 unspecified atom stereocenters. The van der Waals surface area contributed by atoms with Gasteiger partial charge in [0, 0.05) is 0 Å². The maximum atomic E-state index is 12.7. The molecule has 0 aromatic heterocycles. The van der Waals surface area contributed by atoms with Crippen molar-refractivity contribution < 1.29 is 33.5 Å². The van der Waals surface area contributed by atoms with Crippen molar-refractivity contribution in [2.45, 2.75) is 70.9 Å². The van der Waals surface area contributed by atoms with Crippen LogP contribution < -0.4 is 16.0 Å². The molecule has 0 aliphatic carbocycles. The highest BCUT2D eigenvalue weighted by molar-refractivity contribution is 7.52. The lowest BCUT2D eigenvalue weighted by Gasteiger charge is -2.24. The van der Waals surface area contributed by atoms with Crippen molar-refractivity contribution in [1.29, 1.82) is 0 Å². The Labute approximate surface area is 182 Å². The van der Waals surface area contributed by atoms with E-state index in [9.17, 15) is 18.9 Å². The number of hydrogen-bond acceptors (Lipinski definition) is 5. The maximum Gasteiger partial charge on any atom is 0.408 e. The van der Waals surface area contributed by atoms with Crippen molar-refractivity contribution in [3.63, 3.8) is 0 Å². The van der Waals surface area contributed by atoms with Gasteiger partial charge in [0.05, 0.1) is 0 Å². The minimum absolute atomic E-state index is 0.0499. The van der Waals surface area contributed by atoms with E-state index in [1.807, 2.05) is 32.0 Å². The molecule has 1 aromatic rings. The smallest absolute Gasteiger partial charge is 0.408 e. The van der Waals surface area contributed by atoms with E-state index in [4.69, 9.17) is 14.5 Å². The van der Waals surface area contributed by atoms with Gasteiger partial charge < -0.3 is 30.5 Å². The summed E-state index contributed by atoms with van der Waals surface area (Å²) in [7, 11) is -4.50. The zero-order valence-corrected chi connectivity index (χ0v) is 18.9. The summed E-state index contributed by atoms with van der Waals surface area (Å²) in [6.07, 6.45) is 0.975. The normalized spacial score (nSPS) is 14.1. The molecule has 1 aromatic carbocycles. The van der Waals surface area contributed by atoms with Crippen LogP contribution in [0.4, 0.5) is 4.79 Å². The first-order valence-corrected chi connectivity index (χ1v) is 11.9. The number of hydrogen-bond donors (Lipinski definition) is 5. The van der Waals surface area contributed by atoms with Crippen LogP contribution in [0.15, 0.2) is 30.3 Å². The molecule has 0 saturated heterocycles. The molecule has 3 atom stereocenters. The highest BCUT2D eigenvalue weighted by Gasteiger charge is 2.30. The Morgan fingerprint density at radius 2 is 1.45 bits per heavy atom. The highest BCUT2D eigenvalue weighted by Crippen LogP contribution is 2.39. The lowest BCUT2D eigenvalue weighted by atomic mass is 10.1. The van der Waals surface area contributed by atoms with Gasteiger partial charge in [0.15, 0.2) is 0 Å². The molecule has 0 aliphatic rings. The van der Waals surface area contributed by atoms with Gasteiger partial charge in [-0.1, -0.05) is 57.0 Å². The topological polar surface area (TPSA) is 154 Å². The second-order valence-corrected chi connectivity index (χ2v) is 9.12. The molecule has 10 nitrogen and oxygen atoms in total. The average molecular weight is 457 g/mol. The van der Waals surface area contributed by atoms with Gasteiger partial charge >= 0.3 is 13.7 Å². The van der Waals surface area contributed by atoms with E-state index in [0.29, 0.717) is 19.3 Å². The van der Waals surface area contributed by atoms with E-state index in [-0.39, 0.29) is 13.0 Å². The maximum absolute atomic E-state index is 12.7. The Morgan fingerprint density at radius 1 is 0.935 bits per heavy atom. The summed E-state index contributed by atoms with van der Waals surface area (Å²) in [6.45, 7) is 4.89. The van der Waals surface area contributed by atoms with Crippen molar-refractivity contribution in [3.05, 3.63) is 35.9 Å². The highest BCUT2D eigenvalue weighted by atomic mass is 31.2. The summed E-state index contributed by atoms with van der Waals surface area (Å²) >= 11 is 0. The van der Waals surface area contributed by atoms with Crippen LogP contribution in [0.1, 0.15) is 52.0 Å². The number of benzene rings is 1. The molecule has 31 heavy (non-hydrogen) atoms. The molecule has 5 N–H and O–H groups in total. The van der Waals surface area contributed by atoms with Crippen LogP contribution in [0.2, 0.25) is 0 Å². The van der Waals surface area contributed by atoms with Gasteiger partial charge in [-0.2, -0.15) is 0 Å². The minimum Gasteiger partial charge on any atom is -0.445 e. The third-order valence-corrected chi connectivity index (χ3v) is 5.60. The summed E-state index contributed by atoms with van der Waals surface area (Å²) in [4.78, 5) is 55.6. The number of nitrogens with one attached hydrogen (secondary N) is 3. The van der Waals surface area contributed by atoms with E-state index < -0.39 is 43.4 Å². The van der Waals surface area contributed by atoms with Crippen LogP contribution in [0.25, 0.3) is 0 Å². The molecule has 0 fully saturated rings. The lowest BCUT2D eigenvalue weighted by Crippen LogP contribution is -2.54. The molecule has 0 aliphatic heterocycles. The molecule has 0 spiro atoms. The molecule has 0 radical (unpaired) electrons. The molecule has 0 saturated carbocycles. The Balaban J connectivity index is 2.72. The summed E-state index contributed by atoms with van der Waals surface area (Å²) in [5.41, 5.74) is 0.799. The number of ether oxygens (including phenoxy) is 1. The summed E-state index contributed by atoms with van der Waals surface area (Å²) in [5.74, 6) is -2.65. The van der Waals surface area contributed by atoms with Crippen molar-refractivity contribution >= 4 is 25.5 Å². The Bertz CT molecular complexity index is 769. The summed E-state index contributed by atoms with van der Waals surface area (Å²) in [6, 6.07) is 7.17. The third kappa shape index (κ3) is 9.95. The molecule has 174 valence electrons. The van der Waals surface area contributed by atoms with Crippen molar-refractivity contribution in [3.8, 4) is 0 Å². The van der Waals surface area contributed by atoms with E-state index in [1.54, 1.807) is 12.1 Å². The second-order valence-electron chi connectivity index (χ2n) is 7.17. The quantitative estimate of drug-likeness (QED) is 0.301. The van der Waals surface area contributed by atoms with Gasteiger partial charge in [0.25, 0.3) is 0 Å². The zero-order chi connectivity index (χ0) is 23.4. The predicted octanol–water partition coefficient (Wildman–Crippen LogP) is 2.01. The standard InChI is InChI=1S/C20H32N3O7P/c1-4-9-16(18(24)21-14(3)31(27,28)29)22-19(25)17(10-5-2)23-20(26)30-13-15-11-7-6-8-12-15/h6-8,11-12,14,16-17H,4-5,9-10,13H2,1-3H3,(H,21,24)(H,22,25)(H,23,26)(H2,27,28,29)/t14-,16+,17+/m1/s1. The Hall–Kier alpha value is -2.42. The molecule has 0 heterocycles. The van der Waals surface area contributed by atoms with E-state index in [1.165, 1.54) is 6.92 Å².